The van der Waals surface area contributed by atoms with E-state index in [1.165, 1.54) is 18.2 Å². The summed E-state index contributed by atoms with van der Waals surface area (Å²) < 4.78 is 70.7. The highest BCUT2D eigenvalue weighted by Crippen LogP contribution is 2.30. The van der Waals surface area contributed by atoms with Gasteiger partial charge < -0.3 is 9.64 Å². The first-order chi connectivity index (χ1) is 13.6. The number of benzene rings is 2. The summed E-state index contributed by atoms with van der Waals surface area (Å²) in [6.45, 7) is 3.36. The van der Waals surface area contributed by atoms with E-state index < -0.39 is 21.8 Å². The van der Waals surface area contributed by atoms with Gasteiger partial charge in [-0.2, -0.15) is 13.2 Å². The van der Waals surface area contributed by atoms with Gasteiger partial charge in [0.15, 0.2) is 0 Å². The van der Waals surface area contributed by atoms with Crippen LogP contribution in [0.15, 0.2) is 47.4 Å². The number of aryl methyl sites for hydroxylation is 1. The zero-order valence-corrected chi connectivity index (χ0v) is 16.3. The zero-order chi connectivity index (χ0) is 21.2. The number of nitrogens with one attached hydrogen (secondary N) is 1. The number of amides is 1. The van der Waals surface area contributed by atoms with Gasteiger partial charge in [0.25, 0.3) is 15.9 Å². The molecule has 0 aliphatic carbocycles. The van der Waals surface area contributed by atoms with Crippen LogP contribution in [0.25, 0.3) is 0 Å². The van der Waals surface area contributed by atoms with Gasteiger partial charge in [-0.1, -0.05) is 6.07 Å². The first kappa shape index (κ1) is 21.1. The zero-order valence-electron chi connectivity index (χ0n) is 15.5. The molecule has 29 heavy (non-hydrogen) atoms. The van der Waals surface area contributed by atoms with E-state index >= 15 is 0 Å². The Labute approximate surface area is 166 Å². The van der Waals surface area contributed by atoms with Gasteiger partial charge in [-0.15, -0.1) is 0 Å². The third-order valence-corrected chi connectivity index (χ3v) is 5.89. The summed E-state index contributed by atoms with van der Waals surface area (Å²) in [5.74, 6) is -0.294. The van der Waals surface area contributed by atoms with Gasteiger partial charge in [0.1, 0.15) is 0 Å². The summed E-state index contributed by atoms with van der Waals surface area (Å²) in [5, 5.41) is 0. The van der Waals surface area contributed by atoms with Crippen LogP contribution in [0.1, 0.15) is 21.5 Å². The molecule has 2 aromatic carbocycles. The van der Waals surface area contributed by atoms with Gasteiger partial charge in [-0.25, -0.2) is 8.42 Å². The van der Waals surface area contributed by atoms with Crippen molar-refractivity contribution in [2.24, 2.45) is 0 Å². The lowest BCUT2D eigenvalue weighted by Crippen LogP contribution is -2.41. The molecule has 1 aliphatic heterocycles. The fourth-order valence-electron chi connectivity index (χ4n) is 2.88. The number of morpholine rings is 1. The number of halogens is 3. The Morgan fingerprint density at radius 1 is 1.07 bits per heavy atom. The van der Waals surface area contributed by atoms with E-state index in [1.807, 2.05) is 0 Å². The molecule has 0 atom stereocenters. The van der Waals surface area contributed by atoms with Gasteiger partial charge in [0.2, 0.25) is 0 Å². The number of sulfonamides is 1. The summed E-state index contributed by atoms with van der Waals surface area (Å²) in [4.78, 5) is 14.2. The molecule has 10 heteroatoms. The molecule has 1 aliphatic rings. The van der Waals surface area contributed by atoms with Gasteiger partial charge >= 0.3 is 6.18 Å². The fourth-order valence-corrected chi connectivity index (χ4v) is 3.96. The first-order valence-electron chi connectivity index (χ1n) is 8.76. The van der Waals surface area contributed by atoms with Crippen LogP contribution >= 0.6 is 0 Å². The maximum Gasteiger partial charge on any atom is 0.416 e. The van der Waals surface area contributed by atoms with Gasteiger partial charge in [-0.3, -0.25) is 9.52 Å². The number of rotatable bonds is 4. The van der Waals surface area contributed by atoms with Gasteiger partial charge in [0.05, 0.1) is 23.7 Å². The van der Waals surface area contributed by atoms with Crippen molar-refractivity contribution in [2.75, 3.05) is 31.0 Å². The monoisotopic (exact) mass is 428 g/mol. The van der Waals surface area contributed by atoms with Crippen LogP contribution in [0.3, 0.4) is 0 Å². The first-order valence-corrected chi connectivity index (χ1v) is 10.2. The minimum atomic E-state index is -4.51. The highest BCUT2D eigenvalue weighted by molar-refractivity contribution is 7.92. The molecule has 1 N–H and O–H groups in total. The molecular formula is C19H19F3N2O4S. The summed E-state index contributed by atoms with van der Waals surface area (Å²) in [7, 11) is -4.09. The SMILES string of the molecule is Cc1ccc(S(=O)(=O)Nc2ccc(C(F)(F)F)cc2)cc1C(=O)N1CCOCC1. The number of nitrogens with zero attached hydrogens (tertiary/aromatic N) is 1. The molecule has 0 spiro atoms. The Kier molecular flexibility index (Phi) is 5.85. The van der Waals surface area contributed by atoms with Crippen molar-refractivity contribution >= 4 is 21.6 Å². The van der Waals surface area contributed by atoms with Crippen molar-refractivity contribution in [1.29, 1.82) is 0 Å². The average molecular weight is 428 g/mol. The Bertz CT molecular complexity index is 999. The van der Waals surface area contributed by atoms with Gasteiger partial charge in [-0.05, 0) is 48.9 Å². The van der Waals surface area contributed by atoms with E-state index in [2.05, 4.69) is 4.72 Å². The lowest BCUT2D eigenvalue weighted by atomic mass is 10.1. The second-order valence-electron chi connectivity index (χ2n) is 6.56. The van der Waals surface area contributed by atoms with Crippen molar-refractivity contribution in [3.05, 3.63) is 59.2 Å². The molecule has 1 saturated heterocycles. The van der Waals surface area contributed by atoms with Gasteiger partial charge in [0, 0.05) is 24.3 Å². The molecule has 1 fully saturated rings. The number of carbonyl (C=O) groups excluding carboxylic acids is 1. The Morgan fingerprint density at radius 3 is 2.28 bits per heavy atom. The van der Waals surface area contributed by atoms with Crippen LogP contribution in [0.5, 0.6) is 0 Å². The normalized spacial score (nSPS) is 15.2. The van der Waals surface area contributed by atoms with E-state index in [1.54, 1.807) is 11.8 Å². The summed E-state index contributed by atoms with van der Waals surface area (Å²) in [5.41, 5.74) is -0.0222. The fraction of sp³-hybridized carbons (Fsp3) is 0.316. The molecule has 6 nitrogen and oxygen atoms in total. The third-order valence-electron chi connectivity index (χ3n) is 4.51. The average Bonchev–Trinajstić information content (AvgIpc) is 2.68. The minimum Gasteiger partial charge on any atom is -0.378 e. The van der Waals surface area contributed by atoms with Crippen LogP contribution < -0.4 is 4.72 Å². The second kappa shape index (κ2) is 8.03. The Hall–Kier alpha value is -2.59. The van der Waals surface area contributed by atoms with Crippen LogP contribution in [0.2, 0.25) is 0 Å². The largest absolute Gasteiger partial charge is 0.416 e. The van der Waals surface area contributed by atoms with Crippen LogP contribution in [0.4, 0.5) is 18.9 Å². The van der Waals surface area contributed by atoms with Crippen molar-refractivity contribution in [3.8, 4) is 0 Å². The van der Waals surface area contributed by atoms with E-state index in [4.69, 9.17) is 4.74 Å². The standard InChI is InChI=1S/C19H19F3N2O4S/c1-13-2-7-16(12-17(13)18(25)24-8-10-28-11-9-24)29(26,27)23-15-5-3-14(4-6-15)19(20,21)22/h2-7,12,23H,8-11H2,1H3. The molecule has 1 heterocycles. The van der Waals surface area contributed by atoms with Crippen LogP contribution in [-0.2, 0) is 20.9 Å². The second-order valence-corrected chi connectivity index (χ2v) is 8.24. The molecular weight excluding hydrogens is 409 g/mol. The van der Waals surface area contributed by atoms with Crippen LogP contribution in [-0.4, -0.2) is 45.5 Å². The van der Waals surface area contributed by atoms with E-state index in [0.717, 1.165) is 24.3 Å². The highest BCUT2D eigenvalue weighted by atomic mass is 32.2. The number of alkyl halides is 3. The number of hydrogen-bond acceptors (Lipinski definition) is 4. The lowest BCUT2D eigenvalue weighted by molar-refractivity contribution is -0.137. The van der Waals surface area contributed by atoms with Crippen molar-refractivity contribution < 1.29 is 31.1 Å². The van der Waals surface area contributed by atoms with Crippen molar-refractivity contribution in [2.45, 2.75) is 18.0 Å². The predicted octanol–water partition coefficient (Wildman–Crippen LogP) is 3.29. The molecule has 0 saturated carbocycles. The summed E-state index contributed by atoms with van der Waals surface area (Å²) in [6.07, 6.45) is -4.51. The molecule has 2 aromatic rings. The third kappa shape index (κ3) is 4.88. The molecule has 3 rings (SSSR count). The number of ether oxygens (including phenoxy) is 1. The molecule has 1 amide bonds. The number of carbonyl (C=O) groups is 1. The Morgan fingerprint density at radius 2 is 1.69 bits per heavy atom. The Balaban J connectivity index is 1.84. The number of anilines is 1. The molecule has 156 valence electrons. The molecule has 0 radical (unpaired) electrons. The quantitative estimate of drug-likeness (QED) is 0.811. The molecule has 0 bridgehead atoms. The van der Waals surface area contributed by atoms with E-state index in [-0.39, 0.29) is 22.1 Å². The van der Waals surface area contributed by atoms with E-state index in [0.29, 0.717) is 31.9 Å². The number of hydrogen-bond donors (Lipinski definition) is 1. The molecule has 0 aromatic heterocycles. The predicted molar refractivity (Wildman–Crippen MR) is 100 cm³/mol. The van der Waals surface area contributed by atoms with Crippen molar-refractivity contribution in [1.82, 2.24) is 4.90 Å². The van der Waals surface area contributed by atoms with Crippen molar-refractivity contribution in [3.63, 3.8) is 0 Å². The lowest BCUT2D eigenvalue weighted by Gasteiger charge is -2.27. The smallest absolute Gasteiger partial charge is 0.378 e. The molecule has 0 unspecified atom stereocenters. The van der Waals surface area contributed by atoms with E-state index in [9.17, 15) is 26.4 Å². The minimum absolute atomic E-state index is 0.0142. The highest BCUT2D eigenvalue weighted by Gasteiger charge is 2.30. The summed E-state index contributed by atoms with van der Waals surface area (Å²) in [6, 6.07) is 7.80. The summed E-state index contributed by atoms with van der Waals surface area (Å²) >= 11 is 0. The van der Waals surface area contributed by atoms with Crippen LogP contribution in [0, 0.1) is 6.92 Å². The maximum absolute atomic E-state index is 12.7. The topological polar surface area (TPSA) is 75.7 Å². The maximum atomic E-state index is 12.7.